The summed E-state index contributed by atoms with van der Waals surface area (Å²) in [5.41, 5.74) is 0.688. The molecule has 0 spiro atoms. The van der Waals surface area contributed by atoms with Gasteiger partial charge in [-0.1, -0.05) is 23.2 Å². The molecule has 1 aromatic heterocycles. The second-order valence-corrected chi connectivity index (χ2v) is 5.86. The van der Waals surface area contributed by atoms with E-state index >= 15 is 0 Å². The summed E-state index contributed by atoms with van der Waals surface area (Å²) in [6, 6.07) is 5.17. The zero-order valence-corrected chi connectivity index (χ0v) is 13.6. The zero-order chi connectivity index (χ0) is 16.2. The van der Waals surface area contributed by atoms with Crippen LogP contribution in [0.5, 0.6) is 0 Å². The van der Waals surface area contributed by atoms with E-state index in [4.69, 9.17) is 23.2 Å². The first kappa shape index (κ1) is 15.8. The van der Waals surface area contributed by atoms with Crippen LogP contribution >= 0.6 is 23.2 Å². The topological polar surface area (TPSA) is 74.2 Å². The van der Waals surface area contributed by atoms with E-state index in [1.165, 1.54) is 6.20 Å². The van der Waals surface area contributed by atoms with E-state index in [-0.39, 0.29) is 0 Å². The van der Waals surface area contributed by atoms with E-state index in [2.05, 4.69) is 20.5 Å². The quantitative estimate of drug-likeness (QED) is 0.850. The first-order chi connectivity index (χ1) is 11.2. The van der Waals surface area contributed by atoms with Gasteiger partial charge in [-0.25, -0.2) is 0 Å². The van der Waals surface area contributed by atoms with Crippen LogP contribution < -0.4 is 10.2 Å². The molecule has 2 heterocycles. The normalized spacial score (nSPS) is 14.7. The van der Waals surface area contributed by atoms with Crippen LogP contribution in [-0.4, -0.2) is 52.7 Å². The lowest BCUT2D eigenvalue weighted by Crippen LogP contribution is -2.46. The van der Waals surface area contributed by atoms with Crippen LogP contribution in [0.4, 0.5) is 17.5 Å². The minimum atomic E-state index is 0.497. The van der Waals surface area contributed by atoms with Crippen molar-refractivity contribution < 1.29 is 4.79 Å². The number of benzene rings is 1. The number of carbonyl (C=O) groups excluding carboxylic acids is 1. The smallest absolute Gasteiger partial charge is 0.247 e. The molecule has 1 N–H and O–H groups in total. The number of nitrogens with one attached hydrogen (secondary N) is 1. The molecule has 2 aromatic rings. The van der Waals surface area contributed by atoms with Crippen LogP contribution in [0.25, 0.3) is 0 Å². The minimum Gasteiger partial charge on any atom is -0.342 e. The highest BCUT2D eigenvalue weighted by atomic mass is 35.5. The van der Waals surface area contributed by atoms with Gasteiger partial charge in [-0.2, -0.15) is 10.1 Å². The summed E-state index contributed by atoms with van der Waals surface area (Å²) in [5, 5.41) is 12.2. The van der Waals surface area contributed by atoms with Gasteiger partial charge >= 0.3 is 0 Å². The van der Waals surface area contributed by atoms with Gasteiger partial charge in [0.2, 0.25) is 12.4 Å². The lowest BCUT2D eigenvalue weighted by atomic mass is 10.3. The molecule has 0 bridgehead atoms. The van der Waals surface area contributed by atoms with E-state index in [1.807, 2.05) is 4.90 Å². The number of aromatic nitrogens is 3. The number of piperazine rings is 1. The largest absolute Gasteiger partial charge is 0.342 e. The molecule has 9 heteroatoms. The molecule has 23 heavy (non-hydrogen) atoms. The third-order valence-electron chi connectivity index (χ3n) is 3.49. The fraction of sp³-hybridized carbons (Fsp3) is 0.286. The lowest BCUT2D eigenvalue weighted by Gasteiger charge is -2.32. The van der Waals surface area contributed by atoms with Crippen LogP contribution in [-0.2, 0) is 4.79 Å². The highest BCUT2D eigenvalue weighted by Gasteiger charge is 2.18. The highest BCUT2D eigenvalue weighted by molar-refractivity contribution is 6.36. The Morgan fingerprint density at radius 2 is 1.96 bits per heavy atom. The molecule has 1 aliphatic rings. The van der Waals surface area contributed by atoms with Gasteiger partial charge in [0.05, 0.1) is 16.9 Å². The maximum atomic E-state index is 10.7. The molecular weight excluding hydrogens is 339 g/mol. The monoisotopic (exact) mass is 352 g/mol. The Hall–Kier alpha value is -2.12. The van der Waals surface area contributed by atoms with Crippen LogP contribution in [0.15, 0.2) is 24.4 Å². The predicted molar refractivity (Wildman–Crippen MR) is 89.4 cm³/mol. The van der Waals surface area contributed by atoms with Crippen molar-refractivity contribution in [3.05, 3.63) is 34.4 Å². The van der Waals surface area contributed by atoms with E-state index < -0.39 is 0 Å². The van der Waals surface area contributed by atoms with Crippen LogP contribution in [0.1, 0.15) is 0 Å². The number of amides is 1. The van der Waals surface area contributed by atoms with Gasteiger partial charge in [0.1, 0.15) is 0 Å². The predicted octanol–water partition coefficient (Wildman–Crippen LogP) is 2.20. The first-order valence-corrected chi connectivity index (χ1v) is 7.77. The van der Waals surface area contributed by atoms with E-state index in [0.717, 1.165) is 6.41 Å². The number of halogens is 2. The highest BCUT2D eigenvalue weighted by Crippen LogP contribution is 2.27. The molecule has 120 valence electrons. The molecule has 1 aromatic carbocycles. The number of anilines is 3. The van der Waals surface area contributed by atoms with Crippen molar-refractivity contribution in [2.45, 2.75) is 0 Å². The van der Waals surface area contributed by atoms with Crippen molar-refractivity contribution in [3.8, 4) is 0 Å². The van der Waals surface area contributed by atoms with Crippen molar-refractivity contribution in [2.24, 2.45) is 0 Å². The average molecular weight is 353 g/mol. The zero-order valence-electron chi connectivity index (χ0n) is 12.1. The maximum absolute atomic E-state index is 10.7. The molecule has 1 amide bonds. The molecule has 7 nitrogen and oxygen atoms in total. The lowest BCUT2D eigenvalue weighted by molar-refractivity contribution is -0.118. The van der Waals surface area contributed by atoms with Gasteiger partial charge in [0.25, 0.3) is 0 Å². The fourth-order valence-corrected chi connectivity index (χ4v) is 2.70. The summed E-state index contributed by atoms with van der Waals surface area (Å²) in [4.78, 5) is 18.9. The van der Waals surface area contributed by atoms with Crippen molar-refractivity contribution in [3.63, 3.8) is 0 Å². The second kappa shape index (κ2) is 6.97. The van der Waals surface area contributed by atoms with E-state index in [9.17, 15) is 4.79 Å². The number of nitrogens with zero attached hydrogens (tertiary/aromatic N) is 5. The van der Waals surface area contributed by atoms with Gasteiger partial charge in [0, 0.05) is 31.2 Å². The Labute approximate surface area is 143 Å². The molecule has 0 saturated carbocycles. The first-order valence-electron chi connectivity index (χ1n) is 7.02. The van der Waals surface area contributed by atoms with Crippen molar-refractivity contribution in [1.29, 1.82) is 0 Å². The Morgan fingerprint density at radius 1 is 1.17 bits per heavy atom. The minimum absolute atomic E-state index is 0.497. The Morgan fingerprint density at radius 3 is 2.65 bits per heavy atom. The standard InChI is InChI=1S/C14H14Cl2N6O/c15-10-1-2-12(11(16)7-10)18-13-8-17-20-14(19-13)22-5-3-21(9-23)4-6-22/h1-2,7-9H,3-6H2,(H,18,19,20). The van der Waals surface area contributed by atoms with Gasteiger partial charge in [0.15, 0.2) is 5.82 Å². The second-order valence-electron chi connectivity index (χ2n) is 5.02. The molecule has 0 aliphatic carbocycles. The van der Waals surface area contributed by atoms with Gasteiger partial charge in [-0.15, -0.1) is 5.10 Å². The maximum Gasteiger partial charge on any atom is 0.247 e. The summed E-state index contributed by atoms with van der Waals surface area (Å²) in [7, 11) is 0. The van der Waals surface area contributed by atoms with Crippen molar-refractivity contribution in [1.82, 2.24) is 20.1 Å². The summed E-state index contributed by atoms with van der Waals surface area (Å²) in [6.07, 6.45) is 2.38. The SMILES string of the molecule is O=CN1CCN(c2nncc(Nc3ccc(Cl)cc3Cl)n2)CC1. The summed E-state index contributed by atoms with van der Waals surface area (Å²) >= 11 is 12.0. The van der Waals surface area contributed by atoms with Gasteiger partial charge in [-0.05, 0) is 18.2 Å². The number of hydrogen-bond donors (Lipinski definition) is 1. The molecule has 1 aliphatic heterocycles. The van der Waals surface area contributed by atoms with E-state index in [0.29, 0.717) is 53.7 Å². The number of carbonyl (C=O) groups is 1. The Balaban J connectivity index is 1.74. The van der Waals surface area contributed by atoms with E-state index in [1.54, 1.807) is 23.1 Å². The van der Waals surface area contributed by atoms with Crippen molar-refractivity contribution >= 4 is 47.1 Å². The third kappa shape index (κ3) is 3.80. The third-order valence-corrected chi connectivity index (χ3v) is 4.04. The summed E-state index contributed by atoms with van der Waals surface area (Å²) in [6.45, 7) is 2.64. The molecular formula is C14H14Cl2N6O. The van der Waals surface area contributed by atoms with Crippen LogP contribution in [0.2, 0.25) is 10.0 Å². The number of rotatable bonds is 4. The molecule has 1 saturated heterocycles. The van der Waals surface area contributed by atoms with Crippen LogP contribution in [0, 0.1) is 0 Å². The average Bonchev–Trinajstić information content (AvgIpc) is 2.58. The molecule has 0 unspecified atom stereocenters. The van der Waals surface area contributed by atoms with Crippen LogP contribution in [0.3, 0.4) is 0 Å². The van der Waals surface area contributed by atoms with Crippen molar-refractivity contribution in [2.75, 3.05) is 36.4 Å². The van der Waals surface area contributed by atoms with Gasteiger partial charge in [-0.3, -0.25) is 4.79 Å². The summed E-state index contributed by atoms with van der Waals surface area (Å²) in [5.74, 6) is 1.06. The molecule has 0 atom stereocenters. The Kier molecular flexibility index (Phi) is 4.78. The fourth-order valence-electron chi connectivity index (χ4n) is 2.24. The van der Waals surface area contributed by atoms with Gasteiger partial charge < -0.3 is 15.1 Å². The molecule has 1 fully saturated rings. The molecule has 0 radical (unpaired) electrons. The summed E-state index contributed by atoms with van der Waals surface area (Å²) < 4.78 is 0. The Bertz CT molecular complexity index is 705. The number of hydrogen-bond acceptors (Lipinski definition) is 6. The molecule has 3 rings (SSSR count).